The molecule has 1 aliphatic rings. The van der Waals surface area contributed by atoms with Gasteiger partial charge in [-0.2, -0.15) is 5.10 Å². The van der Waals surface area contributed by atoms with E-state index in [9.17, 15) is 0 Å². The molecule has 0 amide bonds. The van der Waals surface area contributed by atoms with Gasteiger partial charge in [-0.05, 0) is 42.9 Å². The van der Waals surface area contributed by atoms with Crippen molar-refractivity contribution in [3.8, 4) is 5.75 Å². The van der Waals surface area contributed by atoms with Crippen molar-refractivity contribution in [3.05, 3.63) is 41.1 Å². The molecule has 1 aliphatic carbocycles. The number of nitrogens with two attached hydrogens (primary N) is 1. The minimum Gasteiger partial charge on any atom is -0.493 e. The molecule has 0 saturated heterocycles. The molecule has 4 nitrogen and oxygen atoms in total. The van der Waals surface area contributed by atoms with Crippen molar-refractivity contribution in [2.45, 2.75) is 32.1 Å². The van der Waals surface area contributed by atoms with Gasteiger partial charge in [0, 0.05) is 19.5 Å². The maximum absolute atomic E-state index is 5.97. The Kier molecular flexibility index (Phi) is 3.63. The van der Waals surface area contributed by atoms with E-state index >= 15 is 0 Å². The monoisotopic (exact) mass is 271 g/mol. The molecule has 2 N–H and O–H groups in total. The third-order valence-electron chi connectivity index (χ3n) is 3.94. The van der Waals surface area contributed by atoms with Crippen LogP contribution in [0, 0.1) is 0 Å². The summed E-state index contributed by atoms with van der Waals surface area (Å²) in [6, 6.07) is 8.31. The smallest absolute Gasteiger partial charge is 0.122 e. The molecule has 0 saturated carbocycles. The van der Waals surface area contributed by atoms with E-state index in [2.05, 4.69) is 23.3 Å². The summed E-state index contributed by atoms with van der Waals surface area (Å²) < 4.78 is 7.66. The number of nitrogen functional groups attached to an aromatic ring is 1. The Balaban J connectivity index is 1.64. The van der Waals surface area contributed by atoms with Crippen LogP contribution in [0.3, 0.4) is 0 Å². The molecule has 106 valence electrons. The lowest BCUT2D eigenvalue weighted by atomic mass is 9.91. The van der Waals surface area contributed by atoms with Crippen molar-refractivity contribution in [3.63, 3.8) is 0 Å². The molecule has 1 heterocycles. The number of fused-ring (bicyclic) bond motifs is 1. The van der Waals surface area contributed by atoms with Gasteiger partial charge in [-0.1, -0.05) is 12.1 Å². The van der Waals surface area contributed by atoms with Gasteiger partial charge >= 0.3 is 0 Å². The number of nitrogens with zero attached hydrogens (tertiary/aromatic N) is 2. The van der Waals surface area contributed by atoms with E-state index in [0.717, 1.165) is 24.3 Å². The fourth-order valence-corrected chi connectivity index (χ4v) is 2.81. The van der Waals surface area contributed by atoms with E-state index in [-0.39, 0.29) is 0 Å². The van der Waals surface area contributed by atoms with Crippen LogP contribution < -0.4 is 10.5 Å². The third-order valence-corrected chi connectivity index (χ3v) is 3.94. The van der Waals surface area contributed by atoms with Crippen molar-refractivity contribution in [1.82, 2.24) is 9.78 Å². The molecule has 0 bridgehead atoms. The quantitative estimate of drug-likeness (QED) is 0.929. The Morgan fingerprint density at radius 1 is 1.30 bits per heavy atom. The van der Waals surface area contributed by atoms with Crippen LogP contribution in [0.25, 0.3) is 0 Å². The van der Waals surface area contributed by atoms with Crippen LogP contribution in [0.2, 0.25) is 0 Å². The second-order valence-corrected chi connectivity index (χ2v) is 5.38. The van der Waals surface area contributed by atoms with Crippen molar-refractivity contribution in [1.29, 1.82) is 0 Å². The molecule has 20 heavy (non-hydrogen) atoms. The van der Waals surface area contributed by atoms with Crippen molar-refractivity contribution in [2.24, 2.45) is 7.05 Å². The van der Waals surface area contributed by atoms with Gasteiger partial charge in [-0.15, -0.1) is 0 Å². The molecule has 1 aromatic carbocycles. The second-order valence-electron chi connectivity index (χ2n) is 5.38. The van der Waals surface area contributed by atoms with Gasteiger partial charge in [-0.25, -0.2) is 0 Å². The van der Waals surface area contributed by atoms with Gasteiger partial charge in [-0.3, -0.25) is 4.68 Å². The minimum absolute atomic E-state index is 0.646. The zero-order valence-electron chi connectivity index (χ0n) is 11.9. The Morgan fingerprint density at radius 3 is 2.95 bits per heavy atom. The highest BCUT2D eigenvalue weighted by Gasteiger charge is 2.13. The molecular formula is C16H21N3O. The average Bonchev–Trinajstić information content (AvgIpc) is 2.78. The second kappa shape index (κ2) is 5.57. The standard InChI is InChI=1S/C16H21N3O/c1-19-16(17)11-13(18-19)9-10-20-15-8-4-6-12-5-2-3-7-14(12)15/h4,6,8,11H,2-3,5,7,9-10,17H2,1H3. The Bertz CT molecular complexity index is 584. The van der Waals surface area contributed by atoms with Gasteiger partial charge in [0.25, 0.3) is 0 Å². The molecule has 0 radical (unpaired) electrons. The summed E-state index contributed by atoms with van der Waals surface area (Å²) in [4.78, 5) is 0. The summed E-state index contributed by atoms with van der Waals surface area (Å²) in [5, 5.41) is 4.34. The number of hydrogen-bond donors (Lipinski definition) is 1. The highest BCUT2D eigenvalue weighted by atomic mass is 16.5. The fourth-order valence-electron chi connectivity index (χ4n) is 2.81. The van der Waals surface area contributed by atoms with Gasteiger partial charge in [0.1, 0.15) is 11.6 Å². The lowest BCUT2D eigenvalue weighted by molar-refractivity contribution is 0.315. The maximum Gasteiger partial charge on any atom is 0.122 e. The predicted octanol–water partition coefficient (Wildman–Crippen LogP) is 2.50. The summed E-state index contributed by atoms with van der Waals surface area (Å²) in [7, 11) is 1.85. The van der Waals surface area contributed by atoms with Crippen LogP contribution in [0.4, 0.5) is 5.82 Å². The molecule has 2 aromatic rings. The van der Waals surface area contributed by atoms with Crippen molar-refractivity contribution < 1.29 is 4.74 Å². The summed E-state index contributed by atoms with van der Waals surface area (Å²) in [5.41, 5.74) is 9.61. The van der Waals surface area contributed by atoms with E-state index < -0.39 is 0 Å². The van der Waals surface area contributed by atoms with Crippen LogP contribution in [-0.2, 0) is 26.3 Å². The lowest BCUT2D eigenvalue weighted by Crippen LogP contribution is -2.08. The van der Waals surface area contributed by atoms with Crippen molar-refractivity contribution in [2.75, 3.05) is 12.3 Å². The molecular weight excluding hydrogens is 250 g/mol. The Morgan fingerprint density at radius 2 is 2.15 bits per heavy atom. The SMILES string of the molecule is Cn1nc(CCOc2cccc3c2CCCC3)cc1N. The number of rotatable bonds is 4. The van der Waals surface area contributed by atoms with Crippen LogP contribution in [-0.4, -0.2) is 16.4 Å². The van der Waals surface area contributed by atoms with Crippen LogP contribution in [0.5, 0.6) is 5.75 Å². The topological polar surface area (TPSA) is 53.1 Å². The highest BCUT2D eigenvalue weighted by molar-refractivity contribution is 5.41. The van der Waals surface area contributed by atoms with Gasteiger partial charge in [0.05, 0.1) is 12.3 Å². The first-order valence-corrected chi connectivity index (χ1v) is 7.26. The molecule has 0 fully saturated rings. The maximum atomic E-state index is 5.97. The van der Waals surface area contributed by atoms with E-state index in [0.29, 0.717) is 12.4 Å². The molecule has 3 rings (SSSR count). The molecule has 0 spiro atoms. The van der Waals surface area contributed by atoms with Gasteiger partial charge in [0.15, 0.2) is 0 Å². The van der Waals surface area contributed by atoms with Crippen molar-refractivity contribution >= 4 is 5.82 Å². The lowest BCUT2D eigenvalue weighted by Gasteiger charge is -2.19. The van der Waals surface area contributed by atoms with Crippen LogP contribution >= 0.6 is 0 Å². The molecule has 4 heteroatoms. The number of aryl methyl sites for hydroxylation is 2. The van der Waals surface area contributed by atoms with E-state index in [1.54, 1.807) is 4.68 Å². The number of anilines is 1. The van der Waals surface area contributed by atoms with E-state index in [1.807, 2.05) is 13.1 Å². The summed E-state index contributed by atoms with van der Waals surface area (Å²) in [6.07, 6.45) is 5.67. The highest BCUT2D eigenvalue weighted by Crippen LogP contribution is 2.29. The normalized spacial score (nSPS) is 14.1. The number of benzene rings is 1. The summed E-state index contributed by atoms with van der Waals surface area (Å²) in [6.45, 7) is 0.646. The van der Waals surface area contributed by atoms with E-state index in [4.69, 9.17) is 10.5 Å². The summed E-state index contributed by atoms with van der Waals surface area (Å²) in [5.74, 6) is 1.74. The zero-order chi connectivity index (χ0) is 13.9. The minimum atomic E-state index is 0.646. The number of hydrogen-bond acceptors (Lipinski definition) is 3. The molecule has 0 unspecified atom stereocenters. The summed E-state index contributed by atoms with van der Waals surface area (Å²) >= 11 is 0. The Labute approximate surface area is 119 Å². The first-order valence-electron chi connectivity index (χ1n) is 7.26. The average molecular weight is 271 g/mol. The fraction of sp³-hybridized carbons (Fsp3) is 0.438. The van der Waals surface area contributed by atoms with E-state index in [1.165, 1.54) is 30.4 Å². The number of ether oxygens (including phenoxy) is 1. The van der Waals surface area contributed by atoms with Crippen LogP contribution in [0.1, 0.15) is 29.7 Å². The first kappa shape index (κ1) is 13.0. The largest absolute Gasteiger partial charge is 0.493 e. The predicted molar refractivity (Wildman–Crippen MR) is 79.9 cm³/mol. The third kappa shape index (κ3) is 2.64. The molecule has 0 aliphatic heterocycles. The number of aromatic nitrogens is 2. The molecule has 1 aromatic heterocycles. The van der Waals surface area contributed by atoms with Gasteiger partial charge < -0.3 is 10.5 Å². The van der Waals surface area contributed by atoms with Crippen LogP contribution in [0.15, 0.2) is 24.3 Å². The first-order chi connectivity index (χ1) is 9.74. The van der Waals surface area contributed by atoms with Gasteiger partial charge in [0.2, 0.25) is 0 Å². The zero-order valence-corrected chi connectivity index (χ0v) is 11.9. The molecule has 0 atom stereocenters. The Hall–Kier alpha value is -1.97.